The average Bonchev–Trinajstić information content (AvgIpc) is 1.99. The predicted molar refractivity (Wildman–Crippen MR) is 63.2 cm³/mol. The molecule has 0 aliphatic carbocycles. The third kappa shape index (κ3) is 2.61. The van der Waals surface area contributed by atoms with Gasteiger partial charge in [0.15, 0.2) is 0 Å². The van der Waals surface area contributed by atoms with E-state index in [9.17, 15) is 4.79 Å². The minimum Gasteiger partial charge on any atom is -0.333 e. The zero-order chi connectivity index (χ0) is 11.9. The highest BCUT2D eigenvalue weighted by Gasteiger charge is 2.43. The van der Waals surface area contributed by atoms with E-state index in [4.69, 9.17) is 0 Å². The molecule has 1 rings (SSSR count). The number of hydrogen-bond acceptors (Lipinski definition) is 1. The van der Waals surface area contributed by atoms with Crippen LogP contribution >= 0.6 is 0 Å². The Labute approximate surface area is 93.1 Å². The maximum absolute atomic E-state index is 11.9. The molecular weight excluding hydrogens is 186 g/mol. The number of carbonyl (C=O) groups excluding carboxylic acids is 1. The van der Waals surface area contributed by atoms with Crippen LogP contribution in [-0.4, -0.2) is 5.91 Å². The molecule has 0 aromatic carbocycles. The summed E-state index contributed by atoms with van der Waals surface area (Å²) in [5, 5.41) is 2.82. The third-order valence-electron chi connectivity index (χ3n) is 3.10. The summed E-state index contributed by atoms with van der Waals surface area (Å²) in [7, 11) is 0. The Bertz CT molecular complexity index is 278. The quantitative estimate of drug-likeness (QED) is 0.653. The standard InChI is InChI=1S/C13H23NO/c1-12(2,3)9-7-8-14-11(15)10(9)13(4,5)6/h7-10H,1-6H3,(H,14,15). The van der Waals surface area contributed by atoms with Gasteiger partial charge in [0.2, 0.25) is 5.91 Å². The molecule has 0 aromatic heterocycles. The highest BCUT2D eigenvalue weighted by atomic mass is 16.1. The van der Waals surface area contributed by atoms with Crippen molar-refractivity contribution in [1.29, 1.82) is 0 Å². The lowest BCUT2D eigenvalue weighted by atomic mass is 9.63. The summed E-state index contributed by atoms with van der Waals surface area (Å²) in [5.74, 6) is 0.527. The first-order valence-electron chi connectivity index (χ1n) is 5.61. The fraction of sp³-hybridized carbons (Fsp3) is 0.769. The van der Waals surface area contributed by atoms with E-state index in [0.29, 0.717) is 5.92 Å². The molecule has 0 fully saturated rings. The van der Waals surface area contributed by atoms with E-state index in [1.54, 1.807) is 6.20 Å². The Balaban J connectivity index is 3.08. The summed E-state index contributed by atoms with van der Waals surface area (Å²) in [6, 6.07) is 0. The van der Waals surface area contributed by atoms with Gasteiger partial charge in [-0.05, 0) is 16.7 Å². The zero-order valence-corrected chi connectivity index (χ0v) is 10.7. The zero-order valence-electron chi connectivity index (χ0n) is 10.7. The van der Waals surface area contributed by atoms with Gasteiger partial charge in [-0.25, -0.2) is 0 Å². The molecule has 86 valence electrons. The van der Waals surface area contributed by atoms with Crippen molar-refractivity contribution in [2.75, 3.05) is 0 Å². The van der Waals surface area contributed by atoms with Crippen LogP contribution in [-0.2, 0) is 4.79 Å². The second kappa shape index (κ2) is 3.66. The molecule has 2 unspecified atom stereocenters. The van der Waals surface area contributed by atoms with Gasteiger partial charge in [0.1, 0.15) is 0 Å². The molecule has 1 heterocycles. The van der Waals surface area contributed by atoms with Crippen molar-refractivity contribution in [3.05, 3.63) is 12.3 Å². The molecule has 1 aliphatic heterocycles. The fourth-order valence-electron chi connectivity index (χ4n) is 2.32. The maximum atomic E-state index is 11.9. The highest BCUT2D eigenvalue weighted by molar-refractivity contribution is 5.82. The number of carbonyl (C=O) groups is 1. The van der Waals surface area contributed by atoms with Crippen molar-refractivity contribution in [2.45, 2.75) is 41.5 Å². The summed E-state index contributed by atoms with van der Waals surface area (Å²) in [5.41, 5.74) is 0.138. The van der Waals surface area contributed by atoms with E-state index in [0.717, 1.165) is 0 Å². The van der Waals surface area contributed by atoms with Crippen molar-refractivity contribution in [1.82, 2.24) is 5.32 Å². The van der Waals surface area contributed by atoms with Gasteiger partial charge in [-0.3, -0.25) is 4.79 Å². The second-order valence-electron chi connectivity index (χ2n) is 6.60. The largest absolute Gasteiger partial charge is 0.333 e. The normalized spacial score (nSPS) is 27.7. The molecule has 2 heteroatoms. The van der Waals surface area contributed by atoms with E-state index < -0.39 is 0 Å². The molecule has 0 bridgehead atoms. The highest BCUT2D eigenvalue weighted by Crippen LogP contribution is 2.43. The van der Waals surface area contributed by atoms with Crippen molar-refractivity contribution in [3.8, 4) is 0 Å². The van der Waals surface area contributed by atoms with Gasteiger partial charge in [-0.15, -0.1) is 0 Å². The van der Waals surface area contributed by atoms with Crippen molar-refractivity contribution in [2.24, 2.45) is 22.7 Å². The van der Waals surface area contributed by atoms with Gasteiger partial charge in [-0.2, -0.15) is 0 Å². The molecule has 1 aliphatic rings. The number of amides is 1. The van der Waals surface area contributed by atoms with Crippen LogP contribution < -0.4 is 5.32 Å². The van der Waals surface area contributed by atoms with Gasteiger partial charge >= 0.3 is 0 Å². The van der Waals surface area contributed by atoms with Crippen molar-refractivity contribution >= 4 is 5.91 Å². The second-order valence-corrected chi connectivity index (χ2v) is 6.60. The van der Waals surface area contributed by atoms with Crippen LogP contribution in [0.15, 0.2) is 12.3 Å². The van der Waals surface area contributed by atoms with Gasteiger partial charge in [-0.1, -0.05) is 47.6 Å². The first kappa shape index (κ1) is 12.3. The Morgan fingerprint density at radius 3 is 1.93 bits per heavy atom. The molecule has 15 heavy (non-hydrogen) atoms. The summed E-state index contributed by atoms with van der Waals surface area (Å²) in [6.45, 7) is 13.0. The molecule has 0 spiro atoms. The molecule has 0 saturated carbocycles. The third-order valence-corrected chi connectivity index (χ3v) is 3.10. The van der Waals surface area contributed by atoms with E-state index in [1.807, 2.05) is 0 Å². The summed E-state index contributed by atoms with van der Waals surface area (Å²) < 4.78 is 0. The predicted octanol–water partition coefficient (Wildman–Crippen LogP) is 2.95. The van der Waals surface area contributed by atoms with Gasteiger partial charge < -0.3 is 5.32 Å². The first-order valence-corrected chi connectivity index (χ1v) is 5.61. The van der Waals surface area contributed by atoms with Crippen LogP contribution in [0.5, 0.6) is 0 Å². The summed E-state index contributed by atoms with van der Waals surface area (Å²) >= 11 is 0. The van der Waals surface area contributed by atoms with Crippen molar-refractivity contribution in [3.63, 3.8) is 0 Å². The Kier molecular flexibility index (Phi) is 2.99. The molecule has 2 nitrogen and oxygen atoms in total. The topological polar surface area (TPSA) is 29.1 Å². The van der Waals surface area contributed by atoms with Crippen LogP contribution in [0.2, 0.25) is 0 Å². The number of allylic oxidation sites excluding steroid dienone is 1. The minimum atomic E-state index is 0.00674. The summed E-state index contributed by atoms with van der Waals surface area (Å²) in [4.78, 5) is 11.9. The smallest absolute Gasteiger partial charge is 0.228 e. The van der Waals surface area contributed by atoms with Crippen LogP contribution in [0.3, 0.4) is 0 Å². The van der Waals surface area contributed by atoms with Crippen LogP contribution in [0.25, 0.3) is 0 Å². The average molecular weight is 209 g/mol. The van der Waals surface area contributed by atoms with E-state index >= 15 is 0 Å². The first-order chi connectivity index (χ1) is 6.64. The van der Waals surface area contributed by atoms with E-state index in [1.165, 1.54) is 0 Å². The molecule has 0 saturated heterocycles. The maximum Gasteiger partial charge on any atom is 0.228 e. The Morgan fingerprint density at radius 2 is 1.60 bits per heavy atom. The lowest BCUT2D eigenvalue weighted by molar-refractivity contribution is -0.131. The minimum absolute atomic E-state index is 0.00674. The SMILES string of the molecule is CC(C)(C)C1C=CNC(=O)C1C(C)(C)C. The van der Waals surface area contributed by atoms with Gasteiger partial charge in [0, 0.05) is 12.1 Å². The molecular formula is C13H23NO. The Hall–Kier alpha value is -0.790. The molecule has 0 radical (unpaired) electrons. The fourth-order valence-corrected chi connectivity index (χ4v) is 2.32. The van der Waals surface area contributed by atoms with Crippen molar-refractivity contribution < 1.29 is 4.79 Å². The molecule has 1 N–H and O–H groups in total. The van der Waals surface area contributed by atoms with Crippen LogP contribution in [0.4, 0.5) is 0 Å². The van der Waals surface area contributed by atoms with Crippen LogP contribution in [0.1, 0.15) is 41.5 Å². The summed E-state index contributed by atoms with van der Waals surface area (Å²) in [6.07, 6.45) is 3.93. The lowest BCUT2D eigenvalue weighted by Crippen LogP contribution is -2.46. The molecule has 1 amide bonds. The number of hydrogen-bond donors (Lipinski definition) is 1. The lowest BCUT2D eigenvalue weighted by Gasteiger charge is -2.42. The van der Waals surface area contributed by atoms with E-state index in [-0.39, 0.29) is 22.7 Å². The monoisotopic (exact) mass is 209 g/mol. The Morgan fingerprint density at radius 1 is 1.07 bits per heavy atom. The molecule has 2 atom stereocenters. The van der Waals surface area contributed by atoms with Crippen LogP contribution in [0, 0.1) is 22.7 Å². The molecule has 0 aromatic rings. The van der Waals surface area contributed by atoms with Gasteiger partial charge in [0.25, 0.3) is 0 Å². The number of nitrogens with one attached hydrogen (secondary N) is 1. The number of rotatable bonds is 0. The van der Waals surface area contributed by atoms with Gasteiger partial charge in [0.05, 0.1) is 0 Å². The van der Waals surface area contributed by atoms with E-state index in [2.05, 4.69) is 52.9 Å².